The van der Waals surface area contributed by atoms with Gasteiger partial charge in [-0.2, -0.15) is 0 Å². The first-order valence-electron chi connectivity index (χ1n) is 5.78. The Kier molecular flexibility index (Phi) is 3.76. The van der Waals surface area contributed by atoms with Gasteiger partial charge in [0.2, 0.25) is 0 Å². The molecule has 0 atom stereocenters. The Balaban J connectivity index is 2.42. The lowest BCUT2D eigenvalue weighted by molar-refractivity contribution is 0.627. The van der Waals surface area contributed by atoms with E-state index in [1.165, 1.54) is 12.1 Å². The van der Waals surface area contributed by atoms with Crippen LogP contribution in [0.3, 0.4) is 0 Å². The van der Waals surface area contributed by atoms with E-state index in [9.17, 15) is 4.39 Å². The van der Waals surface area contributed by atoms with Crippen LogP contribution in [0.5, 0.6) is 0 Å². The van der Waals surface area contributed by atoms with Gasteiger partial charge in [0.25, 0.3) is 0 Å². The third-order valence-corrected chi connectivity index (χ3v) is 2.96. The molecule has 0 fully saturated rings. The zero-order chi connectivity index (χ0) is 14.0. The van der Waals surface area contributed by atoms with E-state index in [-0.39, 0.29) is 10.8 Å². The Bertz CT molecular complexity index is 641. The summed E-state index contributed by atoms with van der Waals surface area (Å²) in [5.41, 5.74) is 8.76. The molecule has 1 aromatic heterocycles. The Morgan fingerprint density at radius 1 is 1.26 bits per heavy atom. The molecule has 1 aromatic carbocycles. The summed E-state index contributed by atoms with van der Waals surface area (Å²) in [7, 11) is 0. The summed E-state index contributed by atoms with van der Waals surface area (Å²) in [4.78, 5) is 4.65. The molecule has 0 bridgehead atoms. The molecule has 0 aliphatic rings. The third kappa shape index (κ3) is 3.06. The number of anilines is 2. The second-order valence-corrected chi connectivity index (χ2v) is 4.74. The molecule has 2 rings (SSSR count). The van der Waals surface area contributed by atoms with Crippen molar-refractivity contribution in [2.75, 3.05) is 5.32 Å². The fraction of sp³-hybridized carbons (Fsp3) is 0.143. The van der Waals surface area contributed by atoms with Crippen molar-refractivity contribution in [2.45, 2.75) is 13.8 Å². The summed E-state index contributed by atoms with van der Waals surface area (Å²) >= 11 is 5.00. The SMILES string of the molecule is Cc1ccc(C(N)=S)c(Nc2ccc(F)cc2C)n1. The van der Waals surface area contributed by atoms with Gasteiger partial charge in [0.05, 0.1) is 5.56 Å². The van der Waals surface area contributed by atoms with Crippen molar-refractivity contribution in [3.05, 3.63) is 53.0 Å². The summed E-state index contributed by atoms with van der Waals surface area (Å²) in [5.74, 6) is 0.317. The zero-order valence-corrected chi connectivity index (χ0v) is 11.5. The Labute approximate surface area is 116 Å². The first-order valence-corrected chi connectivity index (χ1v) is 6.19. The summed E-state index contributed by atoms with van der Waals surface area (Å²) in [6.45, 7) is 3.70. The van der Waals surface area contributed by atoms with Crippen LogP contribution in [0.4, 0.5) is 15.9 Å². The molecular weight excluding hydrogens is 261 g/mol. The number of thiocarbonyl (C=S) groups is 1. The van der Waals surface area contributed by atoms with Gasteiger partial charge in [-0.05, 0) is 49.7 Å². The summed E-state index contributed by atoms with van der Waals surface area (Å²) in [6.07, 6.45) is 0. The maximum Gasteiger partial charge on any atom is 0.140 e. The largest absolute Gasteiger partial charge is 0.389 e. The molecular formula is C14H14FN3S. The van der Waals surface area contributed by atoms with Gasteiger partial charge in [0.1, 0.15) is 16.6 Å². The normalized spacial score (nSPS) is 10.3. The number of nitrogens with two attached hydrogens (primary N) is 1. The second-order valence-electron chi connectivity index (χ2n) is 4.30. The standard InChI is InChI=1S/C14H14FN3S/c1-8-7-10(15)4-6-12(8)18-14-11(13(16)19)5-3-9(2)17-14/h3-7H,1-2H3,(H2,16,19)(H,17,18). The average molecular weight is 275 g/mol. The number of aromatic nitrogens is 1. The van der Waals surface area contributed by atoms with Crippen molar-refractivity contribution in [1.82, 2.24) is 4.98 Å². The van der Waals surface area contributed by atoms with E-state index in [2.05, 4.69) is 10.3 Å². The minimum absolute atomic E-state index is 0.269. The van der Waals surface area contributed by atoms with E-state index in [4.69, 9.17) is 18.0 Å². The Morgan fingerprint density at radius 3 is 2.63 bits per heavy atom. The monoisotopic (exact) mass is 275 g/mol. The smallest absolute Gasteiger partial charge is 0.140 e. The first kappa shape index (κ1) is 13.4. The van der Waals surface area contributed by atoms with Gasteiger partial charge in [0, 0.05) is 11.4 Å². The number of nitrogens with zero attached hydrogens (tertiary/aromatic N) is 1. The van der Waals surface area contributed by atoms with Crippen molar-refractivity contribution >= 4 is 28.7 Å². The second kappa shape index (κ2) is 5.32. The number of aryl methyl sites for hydroxylation is 2. The van der Waals surface area contributed by atoms with Crippen LogP contribution in [0.1, 0.15) is 16.8 Å². The van der Waals surface area contributed by atoms with Crippen molar-refractivity contribution in [3.63, 3.8) is 0 Å². The van der Waals surface area contributed by atoms with E-state index >= 15 is 0 Å². The molecule has 0 radical (unpaired) electrons. The molecule has 98 valence electrons. The third-order valence-electron chi connectivity index (χ3n) is 2.74. The number of pyridine rings is 1. The molecule has 0 unspecified atom stereocenters. The van der Waals surface area contributed by atoms with E-state index in [1.54, 1.807) is 6.07 Å². The van der Waals surface area contributed by atoms with Crippen LogP contribution < -0.4 is 11.1 Å². The maximum absolute atomic E-state index is 13.1. The topological polar surface area (TPSA) is 50.9 Å². The summed E-state index contributed by atoms with van der Waals surface area (Å²) in [6, 6.07) is 8.19. The molecule has 19 heavy (non-hydrogen) atoms. The Hall–Kier alpha value is -2.01. The molecule has 3 N–H and O–H groups in total. The Morgan fingerprint density at radius 2 is 2.00 bits per heavy atom. The number of halogens is 1. The van der Waals surface area contributed by atoms with Crippen LogP contribution in [0.15, 0.2) is 30.3 Å². The lowest BCUT2D eigenvalue weighted by atomic mass is 10.1. The van der Waals surface area contributed by atoms with E-state index in [0.717, 1.165) is 16.9 Å². The van der Waals surface area contributed by atoms with Gasteiger partial charge in [0.15, 0.2) is 0 Å². The molecule has 0 saturated heterocycles. The van der Waals surface area contributed by atoms with Crippen molar-refractivity contribution in [3.8, 4) is 0 Å². The fourth-order valence-electron chi connectivity index (χ4n) is 1.75. The van der Waals surface area contributed by atoms with Crippen LogP contribution in [0.25, 0.3) is 0 Å². The highest BCUT2D eigenvalue weighted by Crippen LogP contribution is 2.23. The van der Waals surface area contributed by atoms with E-state index < -0.39 is 0 Å². The minimum atomic E-state index is -0.269. The molecule has 0 aliphatic heterocycles. The number of hydrogen-bond acceptors (Lipinski definition) is 3. The first-order chi connectivity index (χ1) is 8.97. The molecule has 0 aliphatic carbocycles. The predicted molar refractivity (Wildman–Crippen MR) is 79.3 cm³/mol. The molecule has 5 heteroatoms. The summed E-state index contributed by atoms with van der Waals surface area (Å²) < 4.78 is 13.1. The summed E-state index contributed by atoms with van der Waals surface area (Å²) in [5, 5.41) is 3.14. The highest BCUT2D eigenvalue weighted by Gasteiger charge is 2.09. The zero-order valence-electron chi connectivity index (χ0n) is 10.7. The van der Waals surface area contributed by atoms with Crippen LogP contribution in [-0.4, -0.2) is 9.97 Å². The number of nitrogens with one attached hydrogen (secondary N) is 1. The van der Waals surface area contributed by atoms with Gasteiger partial charge < -0.3 is 11.1 Å². The maximum atomic E-state index is 13.1. The molecule has 1 heterocycles. The van der Waals surface area contributed by atoms with Crippen LogP contribution in [-0.2, 0) is 0 Å². The van der Waals surface area contributed by atoms with Crippen LogP contribution >= 0.6 is 12.2 Å². The van der Waals surface area contributed by atoms with Crippen LogP contribution in [0.2, 0.25) is 0 Å². The van der Waals surface area contributed by atoms with Gasteiger partial charge in [-0.25, -0.2) is 9.37 Å². The van der Waals surface area contributed by atoms with Gasteiger partial charge in [-0.3, -0.25) is 0 Å². The van der Waals surface area contributed by atoms with E-state index in [0.29, 0.717) is 11.4 Å². The highest BCUT2D eigenvalue weighted by atomic mass is 32.1. The minimum Gasteiger partial charge on any atom is -0.389 e. The quantitative estimate of drug-likeness (QED) is 0.845. The van der Waals surface area contributed by atoms with Gasteiger partial charge in [-0.15, -0.1) is 0 Å². The molecule has 3 nitrogen and oxygen atoms in total. The van der Waals surface area contributed by atoms with Crippen molar-refractivity contribution in [1.29, 1.82) is 0 Å². The highest BCUT2D eigenvalue weighted by molar-refractivity contribution is 7.80. The number of hydrogen-bond donors (Lipinski definition) is 2. The van der Waals surface area contributed by atoms with Crippen LogP contribution in [0, 0.1) is 19.7 Å². The number of benzene rings is 1. The van der Waals surface area contributed by atoms with Crippen molar-refractivity contribution < 1.29 is 4.39 Å². The van der Waals surface area contributed by atoms with Gasteiger partial charge in [-0.1, -0.05) is 12.2 Å². The van der Waals surface area contributed by atoms with E-state index in [1.807, 2.05) is 26.0 Å². The molecule has 0 amide bonds. The average Bonchev–Trinajstić information content (AvgIpc) is 2.32. The molecule has 2 aromatic rings. The lowest BCUT2D eigenvalue weighted by Crippen LogP contribution is -2.13. The predicted octanol–water partition coefficient (Wildman–Crippen LogP) is 3.22. The molecule has 0 spiro atoms. The molecule has 0 saturated carbocycles. The fourth-order valence-corrected chi connectivity index (χ4v) is 1.91. The van der Waals surface area contributed by atoms with Crippen molar-refractivity contribution in [2.24, 2.45) is 5.73 Å². The number of rotatable bonds is 3. The lowest BCUT2D eigenvalue weighted by Gasteiger charge is -2.13. The van der Waals surface area contributed by atoms with Gasteiger partial charge >= 0.3 is 0 Å².